The molecule has 0 aliphatic carbocycles. The van der Waals surface area contributed by atoms with Gasteiger partial charge in [-0.25, -0.2) is 0 Å². The van der Waals surface area contributed by atoms with Crippen LogP contribution in [0.15, 0.2) is 0 Å². The normalized spacial score (nSPS) is 13.8. The monoisotopic (exact) mass is 366 g/mol. The van der Waals surface area contributed by atoms with Gasteiger partial charge >= 0.3 is 0 Å². The SMILES string of the molecule is CCCCCCCCC(CCC)CC(CCCC)CCCCCCCC. The third-order valence-electron chi connectivity index (χ3n) is 6.26. The lowest BCUT2D eigenvalue weighted by Gasteiger charge is -2.24. The molecular weight excluding hydrogens is 312 g/mol. The lowest BCUT2D eigenvalue weighted by atomic mass is 9.82. The lowest BCUT2D eigenvalue weighted by molar-refractivity contribution is 0.288. The average molecular weight is 367 g/mol. The highest BCUT2D eigenvalue weighted by molar-refractivity contribution is 4.68. The molecule has 0 radical (unpaired) electrons. The van der Waals surface area contributed by atoms with E-state index in [9.17, 15) is 0 Å². The second-order valence-electron chi connectivity index (χ2n) is 9.01. The number of hydrogen-bond donors (Lipinski definition) is 0. The van der Waals surface area contributed by atoms with Gasteiger partial charge in [0.15, 0.2) is 0 Å². The van der Waals surface area contributed by atoms with Crippen LogP contribution in [0.3, 0.4) is 0 Å². The Hall–Kier alpha value is 0. The van der Waals surface area contributed by atoms with Crippen molar-refractivity contribution >= 4 is 0 Å². The molecule has 0 saturated carbocycles. The van der Waals surface area contributed by atoms with Crippen LogP contribution in [0.25, 0.3) is 0 Å². The molecule has 0 nitrogen and oxygen atoms in total. The minimum Gasteiger partial charge on any atom is -0.0654 e. The third kappa shape index (κ3) is 17.4. The van der Waals surface area contributed by atoms with Crippen molar-refractivity contribution in [3.05, 3.63) is 0 Å². The number of hydrogen-bond acceptors (Lipinski definition) is 0. The molecular formula is C26H54. The zero-order chi connectivity index (χ0) is 19.3. The number of unbranched alkanes of at least 4 members (excludes halogenated alkanes) is 11. The highest BCUT2D eigenvalue weighted by Gasteiger charge is 2.15. The van der Waals surface area contributed by atoms with E-state index in [1.165, 1.54) is 128 Å². The molecule has 26 heavy (non-hydrogen) atoms. The summed E-state index contributed by atoms with van der Waals surface area (Å²) in [7, 11) is 0. The first-order valence-corrected chi connectivity index (χ1v) is 12.8. The minimum absolute atomic E-state index is 1.02. The van der Waals surface area contributed by atoms with E-state index in [1.54, 1.807) is 0 Å². The van der Waals surface area contributed by atoms with E-state index in [-0.39, 0.29) is 0 Å². The van der Waals surface area contributed by atoms with Crippen molar-refractivity contribution in [1.82, 2.24) is 0 Å². The Morgan fingerprint density at radius 3 is 1.19 bits per heavy atom. The molecule has 2 unspecified atom stereocenters. The maximum absolute atomic E-state index is 2.39. The van der Waals surface area contributed by atoms with E-state index in [2.05, 4.69) is 27.7 Å². The van der Waals surface area contributed by atoms with Crippen LogP contribution in [0.5, 0.6) is 0 Å². The smallest absolute Gasteiger partial charge is 0.0412 e. The molecule has 2 atom stereocenters. The quantitative estimate of drug-likeness (QED) is 0.177. The first-order chi connectivity index (χ1) is 12.8. The Morgan fingerprint density at radius 2 is 0.731 bits per heavy atom. The van der Waals surface area contributed by atoms with Crippen molar-refractivity contribution in [3.8, 4) is 0 Å². The van der Waals surface area contributed by atoms with Crippen LogP contribution in [0, 0.1) is 11.8 Å². The predicted molar refractivity (Wildman–Crippen MR) is 122 cm³/mol. The topological polar surface area (TPSA) is 0 Å². The fraction of sp³-hybridized carbons (Fsp3) is 1.00. The zero-order valence-electron chi connectivity index (χ0n) is 19.3. The van der Waals surface area contributed by atoms with Crippen LogP contribution in [0.4, 0.5) is 0 Å². The molecule has 0 aromatic carbocycles. The molecule has 0 heteroatoms. The van der Waals surface area contributed by atoms with Gasteiger partial charge in [-0.2, -0.15) is 0 Å². The fourth-order valence-electron chi connectivity index (χ4n) is 4.56. The number of rotatable bonds is 21. The van der Waals surface area contributed by atoms with Crippen LogP contribution in [0.1, 0.15) is 156 Å². The molecule has 0 aromatic rings. The van der Waals surface area contributed by atoms with Gasteiger partial charge in [0.1, 0.15) is 0 Å². The molecule has 0 heterocycles. The van der Waals surface area contributed by atoms with Crippen molar-refractivity contribution in [1.29, 1.82) is 0 Å². The Balaban J connectivity index is 4.09. The molecule has 0 rings (SSSR count). The molecule has 0 bridgehead atoms. The van der Waals surface area contributed by atoms with Gasteiger partial charge in [-0.1, -0.05) is 150 Å². The summed E-state index contributed by atoms with van der Waals surface area (Å²) >= 11 is 0. The second kappa shape index (κ2) is 21.3. The summed E-state index contributed by atoms with van der Waals surface area (Å²) in [6.45, 7) is 9.39. The molecule has 0 aliphatic rings. The molecule has 0 aliphatic heterocycles. The Bertz CT molecular complexity index is 244. The van der Waals surface area contributed by atoms with E-state index < -0.39 is 0 Å². The summed E-state index contributed by atoms with van der Waals surface area (Å²) in [6, 6.07) is 0. The minimum atomic E-state index is 1.02. The molecule has 0 saturated heterocycles. The lowest BCUT2D eigenvalue weighted by Crippen LogP contribution is -2.10. The van der Waals surface area contributed by atoms with Crippen molar-refractivity contribution in [2.45, 2.75) is 156 Å². The Kier molecular flexibility index (Phi) is 21.3. The highest BCUT2D eigenvalue weighted by Crippen LogP contribution is 2.30. The van der Waals surface area contributed by atoms with Gasteiger partial charge in [-0.15, -0.1) is 0 Å². The van der Waals surface area contributed by atoms with Crippen LogP contribution in [-0.4, -0.2) is 0 Å². The summed E-state index contributed by atoms with van der Waals surface area (Å²) in [5, 5.41) is 0. The standard InChI is InChI=1S/C26H54/c1-5-9-12-14-16-18-22-25(20-8-4)24-26(21-11-7-3)23-19-17-15-13-10-6-2/h25-26H,5-24H2,1-4H3. The van der Waals surface area contributed by atoms with Gasteiger partial charge in [-0.05, 0) is 18.3 Å². The fourth-order valence-corrected chi connectivity index (χ4v) is 4.56. The van der Waals surface area contributed by atoms with Crippen LogP contribution in [-0.2, 0) is 0 Å². The predicted octanol–water partition coefficient (Wildman–Crippen LogP) is 10.1. The molecule has 0 fully saturated rings. The van der Waals surface area contributed by atoms with E-state index in [0.717, 1.165) is 11.8 Å². The molecule has 0 N–H and O–H groups in total. The summed E-state index contributed by atoms with van der Waals surface area (Å²) < 4.78 is 0. The van der Waals surface area contributed by atoms with Crippen molar-refractivity contribution < 1.29 is 0 Å². The highest BCUT2D eigenvalue weighted by atomic mass is 14.2. The van der Waals surface area contributed by atoms with Gasteiger partial charge in [0.25, 0.3) is 0 Å². The molecule has 0 aromatic heterocycles. The van der Waals surface area contributed by atoms with Crippen molar-refractivity contribution in [3.63, 3.8) is 0 Å². The third-order valence-corrected chi connectivity index (χ3v) is 6.26. The summed E-state index contributed by atoms with van der Waals surface area (Å²) in [5.74, 6) is 2.05. The molecule has 0 spiro atoms. The maximum Gasteiger partial charge on any atom is -0.0412 e. The van der Waals surface area contributed by atoms with E-state index in [4.69, 9.17) is 0 Å². The van der Waals surface area contributed by atoms with E-state index in [0.29, 0.717) is 0 Å². The second-order valence-corrected chi connectivity index (χ2v) is 9.01. The van der Waals surface area contributed by atoms with E-state index >= 15 is 0 Å². The van der Waals surface area contributed by atoms with Crippen LogP contribution < -0.4 is 0 Å². The summed E-state index contributed by atoms with van der Waals surface area (Å²) in [6.07, 6.45) is 29.2. The Morgan fingerprint density at radius 1 is 0.346 bits per heavy atom. The van der Waals surface area contributed by atoms with Crippen molar-refractivity contribution in [2.24, 2.45) is 11.8 Å². The van der Waals surface area contributed by atoms with Gasteiger partial charge in [0.05, 0.1) is 0 Å². The zero-order valence-corrected chi connectivity index (χ0v) is 19.3. The van der Waals surface area contributed by atoms with Crippen molar-refractivity contribution in [2.75, 3.05) is 0 Å². The largest absolute Gasteiger partial charge is 0.0654 e. The van der Waals surface area contributed by atoms with Gasteiger partial charge < -0.3 is 0 Å². The molecule has 0 amide bonds. The van der Waals surface area contributed by atoms with Crippen LogP contribution in [0.2, 0.25) is 0 Å². The van der Waals surface area contributed by atoms with Crippen LogP contribution >= 0.6 is 0 Å². The first kappa shape index (κ1) is 26.0. The maximum atomic E-state index is 2.39. The van der Waals surface area contributed by atoms with Gasteiger partial charge in [-0.3, -0.25) is 0 Å². The average Bonchev–Trinajstić information content (AvgIpc) is 2.65. The van der Waals surface area contributed by atoms with Gasteiger partial charge in [0.2, 0.25) is 0 Å². The summed E-state index contributed by atoms with van der Waals surface area (Å²) in [4.78, 5) is 0. The Labute approximate surface area is 168 Å². The summed E-state index contributed by atoms with van der Waals surface area (Å²) in [5.41, 5.74) is 0. The van der Waals surface area contributed by atoms with E-state index in [1.807, 2.05) is 0 Å². The van der Waals surface area contributed by atoms with Gasteiger partial charge in [0, 0.05) is 0 Å². The first-order valence-electron chi connectivity index (χ1n) is 12.8. The molecule has 158 valence electrons.